The van der Waals surface area contributed by atoms with Gasteiger partial charge in [-0.15, -0.1) is 0 Å². The van der Waals surface area contributed by atoms with Gasteiger partial charge in [0.15, 0.2) is 0 Å². The van der Waals surface area contributed by atoms with E-state index in [4.69, 9.17) is 4.98 Å². The van der Waals surface area contributed by atoms with Crippen LogP contribution in [0.15, 0.2) is 170 Å². The maximum Gasteiger partial charge on any atom is 0.0789 e. The third-order valence-electron chi connectivity index (χ3n) is 9.92. The Hall–Kier alpha value is -6.38. The molecule has 0 radical (unpaired) electrons. The second-order valence-electron chi connectivity index (χ2n) is 12.5. The number of benzene rings is 8. The highest BCUT2D eigenvalue weighted by molar-refractivity contribution is 6.25. The van der Waals surface area contributed by atoms with Crippen LogP contribution in [0.4, 0.5) is 0 Å². The second-order valence-corrected chi connectivity index (χ2v) is 12.5. The van der Waals surface area contributed by atoms with E-state index in [-0.39, 0.29) is 0 Å². The van der Waals surface area contributed by atoms with Gasteiger partial charge in [0.25, 0.3) is 0 Å². The van der Waals surface area contributed by atoms with E-state index in [9.17, 15) is 0 Å². The van der Waals surface area contributed by atoms with Gasteiger partial charge in [0.05, 0.1) is 11.2 Å². The third-order valence-corrected chi connectivity index (χ3v) is 9.92. The van der Waals surface area contributed by atoms with E-state index in [0.717, 1.165) is 33.1 Å². The van der Waals surface area contributed by atoms with Crippen LogP contribution in [0, 0.1) is 0 Å². The van der Waals surface area contributed by atoms with Gasteiger partial charge < -0.3 is 0 Å². The maximum atomic E-state index is 5.40. The van der Waals surface area contributed by atoms with E-state index in [1.807, 2.05) is 12.4 Å². The number of hydrogen-bond acceptors (Lipinski definition) is 2. The molecule has 0 aliphatic heterocycles. The van der Waals surface area contributed by atoms with Crippen molar-refractivity contribution in [1.82, 2.24) is 9.97 Å². The normalized spacial score (nSPS) is 11.8. The van der Waals surface area contributed by atoms with Gasteiger partial charge in [-0.25, -0.2) is 4.98 Å². The molecule has 10 aromatic rings. The quantitative estimate of drug-likeness (QED) is 0.147. The Morgan fingerprint density at radius 2 is 0.917 bits per heavy atom. The van der Waals surface area contributed by atoms with E-state index < -0.39 is 0 Å². The third kappa shape index (κ3) is 4.00. The Morgan fingerprint density at radius 3 is 1.62 bits per heavy atom. The Kier molecular flexibility index (Phi) is 5.91. The zero-order valence-corrected chi connectivity index (χ0v) is 26.1. The molecular weight excluding hydrogens is 581 g/mol. The van der Waals surface area contributed by atoms with Crippen LogP contribution in [0.3, 0.4) is 0 Å². The SMILES string of the molecule is c1ccc2c(-c3c4ccccc4c(-c4ccc5c(c4)nc(-c4ccncc4)c4ccc6ccccc6c45)c4ccccc34)cccc2c1. The van der Waals surface area contributed by atoms with Crippen LogP contribution in [0.1, 0.15) is 0 Å². The molecule has 10 rings (SSSR count). The molecular formula is C46H28N2. The summed E-state index contributed by atoms with van der Waals surface area (Å²) < 4.78 is 0. The summed E-state index contributed by atoms with van der Waals surface area (Å²) in [6.45, 7) is 0. The topological polar surface area (TPSA) is 25.8 Å². The molecule has 48 heavy (non-hydrogen) atoms. The molecule has 0 N–H and O–H groups in total. The van der Waals surface area contributed by atoms with Crippen LogP contribution in [0.2, 0.25) is 0 Å². The van der Waals surface area contributed by atoms with E-state index in [1.54, 1.807) is 0 Å². The predicted octanol–water partition coefficient (Wildman–Crippen LogP) is 12.4. The summed E-state index contributed by atoms with van der Waals surface area (Å²) >= 11 is 0. The van der Waals surface area contributed by atoms with Gasteiger partial charge >= 0.3 is 0 Å². The lowest BCUT2D eigenvalue weighted by Crippen LogP contribution is -1.94. The second kappa shape index (κ2) is 10.6. The maximum absolute atomic E-state index is 5.40. The first-order valence-corrected chi connectivity index (χ1v) is 16.4. The van der Waals surface area contributed by atoms with Crippen LogP contribution in [-0.4, -0.2) is 9.97 Å². The standard InChI is InChI=1S/C46H28N2/c1-3-13-33-29(10-1)12-9-19-35(33)45-38-17-7-5-15-36(38)43(37-16-6-8-18-39(37)45)32-21-22-40-42(28-32)48-46(31-24-26-47-27-25-31)41-23-20-30-11-2-4-14-34(30)44(40)41/h1-28H. The summed E-state index contributed by atoms with van der Waals surface area (Å²) in [4.78, 5) is 9.69. The van der Waals surface area contributed by atoms with Crippen LogP contribution in [0.5, 0.6) is 0 Å². The molecule has 0 saturated heterocycles. The number of hydrogen-bond donors (Lipinski definition) is 0. The van der Waals surface area contributed by atoms with Crippen molar-refractivity contribution in [2.24, 2.45) is 0 Å². The zero-order valence-electron chi connectivity index (χ0n) is 26.1. The molecule has 8 aromatic carbocycles. The van der Waals surface area contributed by atoms with Gasteiger partial charge in [-0.05, 0) is 83.5 Å². The van der Waals surface area contributed by atoms with Crippen molar-refractivity contribution >= 4 is 64.8 Å². The van der Waals surface area contributed by atoms with Gasteiger partial charge in [-0.3, -0.25) is 4.98 Å². The van der Waals surface area contributed by atoms with E-state index >= 15 is 0 Å². The Labute approximate surface area is 277 Å². The number of fused-ring (bicyclic) bond motifs is 8. The number of rotatable bonds is 3. The van der Waals surface area contributed by atoms with Crippen LogP contribution in [-0.2, 0) is 0 Å². The molecule has 0 aliphatic rings. The summed E-state index contributed by atoms with van der Waals surface area (Å²) in [7, 11) is 0. The summed E-state index contributed by atoms with van der Waals surface area (Å²) in [6, 6.07) is 57.2. The fraction of sp³-hybridized carbons (Fsp3) is 0. The molecule has 0 bridgehead atoms. The van der Waals surface area contributed by atoms with Crippen molar-refractivity contribution < 1.29 is 0 Å². The average Bonchev–Trinajstić information content (AvgIpc) is 3.16. The zero-order chi connectivity index (χ0) is 31.6. The predicted molar refractivity (Wildman–Crippen MR) is 203 cm³/mol. The van der Waals surface area contributed by atoms with E-state index in [2.05, 4.69) is 163 Å². The molecule has 0 unspecified atom stereocenters. The number of pyridine rings is 2. The molecule has 0 spiro atoms. The fourth-order valence-electron chi connectivity index (χ4n) is 7.83. The minimum atomic E-state index is 0.976. The first-order valence-electron chi connectivity index (χ1n) is 16.4. The lowest BCUT2D eigenvalue weighted by molar-refractivity contribution is 1.32. The molecule has 222 valence electrons. The van der Waals surface area contributed by atoms with Gasteiger partial charge in [0, 0.05) is 34.1 Å². The van der Waals surface area contributed by atoms with Crippen molar-refractivity contribution in [3.8, 4) is 33.5 Å². The fourth-order valence-corrected chi connectivity index (χ4v) is 7.83. The van der Waals surface area contributed by atoms with Gasteiger partial charge in [0.1, 0.15) is 0 Å². The van der Waals surface area contributed by atoms with Crippen molar-refractivity contribution in [2.75, 3.05) is 0 Å². The summed E-state index contributed by atoms with van der Waals surface area (Å²) in [5, 5.41) is 13.5. The monoisotopic (exact) mass is 608 g/mol. The summed E-state index contributed by atoms with van der Waals surface area (Å²) in [5.74, 6) is 0. The lowest BCUT2D eigenvalue weighted by Gasteiger charge is -2.19. The highest BCUT2D eigenvalue weighted by atomic mass is 14.7. The van der Waals surface area contributed by atoms with Gasteiger partial charge in [0.2, 0.25) is 0 Å². The summed E-state index contributed by atoms with van der Waals surface area (Å²) in [5.41, 5.74) is 7.95. The molecule has 2 heterocycles. The van der Waals surface area contributed by atoms with E-state index in [1.165, 1.54) is 65.2 Å². The van der Waals surface area contributed by atoms with Gasteiger partial charge in [-0.1, -0.05) is 140 Å². The average molecular weight is 609 g/mol. The molecule has 2 nitrogen and oxygen atoms in total. The minimum Gasteiger partial charge on any atom is -0.265 e. The van der Waals surface area contributed by atoms with Crippen molar-refractivity contribution in [3.63, 3.8) is 0 Å². The lowest BCUT2D eigenvalue weighted by atomic mass is 9.84. The molecule has 0 aliphatic carbocycles. The molecule has 2 heteroatoms. The smallest absolute Gasteiger partial charge is 0.0789 e. The van der Waals surface area contributed by atoms with Crippen molar-refractivity contribution in [1.29, 1.82) is 0 Å². The largest absolute Gasteiger partial charge is 0.265 e. The molecule has 0 saturated carbocycles. The van der Waals surface area contributed by atoms with Crippen LogP contribution >= 0.6 is 0 Å². The minimum absolute atomic E-state index is 0.976. The highest BCUT2D eigenvalue weighted by Crippen LogP contribution is 2.46. The van der Waals surface area contributed by atoms with Crippen molar-refractivity contribution in [2.45, 2.75) is 0 Å². The highest BCUT2D eigenvalue weighted by Gasteiger charge is 2.19. The van der Waals surface area contributed by atoms with Crippen LogP contribution in [0.25, 0.3) is 98.3 Å². The number of aromatic nitrogens is 2. The van der Waals surface area contributed by atoms with Crippen molar-refractivity contribution in [3.05, 3.63) is 170 Å². The molecule has 0 atom stereocenters. The Morgan fingerprint density at radius 1 is 0.354 bits per heavy atom. The molecule has 0 amide bonds. The first kappa shape index (κ1) is 26.8. The Bertz CT molecular complexity index is 2830. The molecule has 0 fully saturated rings. The molecule has 2 aromatic heterocycles. The van der Waals surface area contributed by atoms with E-state index in [0.29, 0.717) is 0 Å². The first-order chi connectivity index (χ1) is 23.8. The van der Waals surface area contributed by atoms with Gasteiger partial charge in [-0.2, -0.15) is 0 Å². The Balaban J connectivity index is 1.32. The number of nitrogens with zero attached hydrogens (tertiary/aromatic N) is 2. The van der Waals surface area contributed by atoms with Crippen LogP contribution < -0.4 is 0 Å². The summed E-state index contributed by atoms with van der Waals surface area (Å²) in [6.07, 6.45) is 3.70.